The van der Waals surface area contributed by atoms with E-state index in [4.69, 9.17) is 9.47 Å². The van der Waals surface area contributed by atoms with Crippen molar-refractivity contribution in [2.24, 2.45) is 5.10 Å². The normalized spacial score (nSPS) is 22.8. The lowest BCUT2D eigenvalue weighted by molar-refractivity contribution is -0.122. The van der Waals surface area contributed by atoms with E-state index in [1.807, 2.05) is 17.9 Å². The second-order valence-corrected chi connectivity index (χ2v) is 7.02. The summed E-state index contributed by atoms with van der Waals surface area (Å²) in [4.78, 5) is 14.0. The third-order valence-corrected chi connectivity index (χ3v) is 5.02. The molecule has 1 aliphatic carbocycles. The maximum Gasteiger partial charge on any atom is 0.262 e. The zero-order valence-electron chi connectivity index (χ0n) is 14.3. The van der Waals surface area contributed by atoms with Crippen LogP contribution in [0.3, 0.4) is 0 Å². The van der Waals surface area contributed by atoms with Crippen LogP contribution >= 0.6 is 0 Å². The van der Waals surface area contributed by atoms with Gasteiger partial charge < -0.3 is 14.4 Å². The van der Waals surface area contributed by atoms with E-state index in [1.54, 1.807) is 0 Å². The average Bonchev–Trinajstić information content (AvgIpc) is 2.53. The van der Waals surface area contributed by atoms with Gasteiger partial charge in [-0.1, -0.05) is 13.8 Å². The molecule has 128 valence electrons. The first-order valence-electron chi connectivity index (χ1n) is 8.67. The fourth-order valence-electron chi connectivity index (χ4n) is 3.29. The van der Waals surface area contributed by atoms with Crippen molar-refractivity contribution < 1.29 is 14.3 Å². The lowest BCUT2D eigenvalue weighted by Crippen LogP contribution is -2.55. The molecular weight excluding hydrogens is 306 g/mol. The minimum atomic E-state index is -0.318. The molecule has 0 saturated heterocycles. The van der Waals surface area contributed by atoms with Gasteiger partial charge >= 0.3 is 0 Å². The number of carbonyl (C=O) groups is 1. The van der Waals surface area contributed by atoms with Crippen LogP contribution in [0.2, 0.25) is 0 Å². The van der Waals surface area contributed by atoms with E-state index in [0.717, 1.165) is 41.4 Å². The summed E-state index contributed by atoms with van der Waals surface area (Å²) in [5.74, 6) is 2.64. The number of nitrogens with one attached hydrogen (secondary N) is 1. The Balaban J connectivity index is 1.78. The van der Waals surface area contributed by atoms with Gasteiger partial charge in [0.15, 0.2) is 5.84 Å². The topological polar surface area (TPSA) is 63.2 Å². The second kappa shape index (κ2) is 5.69. The van der Waals surface area contributed by atoms with E-state index >= 15 is 0 Å². The van der Waals surface area contributed by atoms with Gasteiger partial charge in [-0.05, 0) is 38.2 Å². The van der Waals surface area contributed by atoms with Crippen molar-refractivity contribution in [2.45, 2.75) is 58.1 Å². The molecule has 1 aromatic carbocycles. The number of carbonyl (C=O) groups excluding carboxylic acids is 1. The zero-order valence-corrected chi connectivity index (χ0v) is 14.3. The summed E-state index contributed by atoms with van der Waals surface area (Å²) in [6, 6.07) is 3.76. The van der Waals surface area contributed by atoms with Crippen molar-refractivity contribution in [2.75, 3.05) is 11.5 Å². The number of benzene rings is 1. The van der Waals surface area contributed by atoms with Crippen LogP contribution in [0.5, 0.6) is 11.5 Å². The highest BCUT2D eigenvalue weighted by molar-refractivity contribution is 6.09. The van der Waals surface area contributed by atoms with Gasteiger partial charge in [0.25, 0.3) is 5.91 Å². The van der Waals surface area contributed by atoms with E-state index in [0.29, 0.717) is 18.6 Å². The summed E-state index contributed by atoms with van der Waals surface area (Å²) in [7, 11) is 0. The number of hydrogen-bond acceptors (Lipinski definition) is 5. The number of anilines is 1. The van der Waals surface area contributed by atoms with Gasteiger partial charge in [-0.2, -0.15) is 5.10 Å². The lowest BCUT2D eigenvalue weighted by Gasteiger charge is -2.39. The van der Waals surface area contributed by atoms with Crippen LogP contribution in [0.15, 0.2) is 17.2 Å². The highest BCUT2D eigenvalue weighted by Gasteiger charge is 2.36. The zero-order chi connectivity index (χ0) is 16.8. The highest BCUT2D eigenvalue weighted by atomic mass is 16.5. The first kappa shape index (κ1) is 15.3. The highest BCUT2D eigenvalue weighted by Crippen LogP contribution is 2.43. The van der Waals surface area contributed by atoms with Gasteiger partial charge in [-0.3, -0.25) is 4.79 Å². The first-order valence-corrected chi connectivity index (χ1v) is 8.67. The molecule has 1 amide bonds. The Morgan fingerprint density at radius 1 is 1.38 bits per heavy atom. The van der Waals surface area contributed by atoms with Gasteiger partial charge in [-0.15, -0.1) is 0 Å². The minimum Gasteiger partial charge on any atom is -0.490 e. The monoisotopic (exact) mass is 329 g/mol. The third-order valence-electron chi connectivity index (χ3n) is 5.02. The number of rotatable bonds is 3. The summed E-state index contributed by atoms with van der Waals surface area (Å²) < 4.78 is 12.1. The Labute approximate surface area is 141 Å². The summed E-state index contributed by atoms with van der Waals surface area (Å²) in [6.07, 6.45) is 3.76. The Morgan fingerprint density at radius 3 is 2.83 bits per heavy atom. The summed E-state index contributed by atoms with van der Waals surface area (Å²) in [5, 5.41) is 4.13. The van der Waals surface area contributed by atoms with E-state index in [-0.39, 0.29) is 11.9 Å². The Kier molecular flexibility index (Phi) is 3.62. The number of amides is 1. The van der Waals surface area contributed by atoms with E-state index in [2.05, 4.69) is 30.4 Å². The molecule has 2 heterocycles. The first-order chi connectivity index (χ1) is 11.5. The summed E-state index contributed by atoms with van der Waals surface area (Å²) in [6.45, 7) is 6.55. The lowest BCUT2D eigenvalue weighted by atomic mass is 9.95. The van der Waals surface area contributed by atoms with Crippen LogP contribution in [0.4, 0.5) is 5.69 Å². The largest absolute Gasteiger partial charge is 0.490 e. The predicted molar refractivity (Wildman–Crippen MR) is 91.8 cm³/mol. The third kappa shape index (κ3) is 2.41. The van der Waals surface area contributed by atoms with Crippen molar-refractivity contribution in [3.05, 3.63) is 17.7 Å². The number of fused-ring (bicyclic) bond motifs is 3. The van der Waals surface area contributed by atoms with Gasteiger partial charge in [0.05, 0.1) is 11.8 Å². The molecule has 1 fully saturated rings. The number of ether oxygens (including phenoxy) is 2. The average molecular weight is 329 g/mol. The van der Waals surface area contributed by atoms with Crippen LogP contribution in [0.1, 0.15) is 51.5 Å². The number of hydrazone groups is 1. The molecule has 0 bridgehead atoms. The van der Waals surface area contributed by atoms with Crippen LogP contribution < -0.4 is 19.8 Å². The molecule has 3 aliphatic rings. The van der Waals surface area contributed by atoms with Crippen molar-refractivity contribution in [3.63, 3.8) is 0 Å². The molecule has 0 unspecified atom stereocenters. The molecule has 1 atom stereocenters. The number of nitrogens with zero attached hydrogens (tertiary/aromatic N) is 2. The molecule has 1 aromatic rings. The standard InChI is InChI=1S/C18H23N3O3/c1-10(2)13-7-16-14(8-15(13)24-12-5-4-6-12)21-11(3)18(22)20-19-17(21)9-23-16/h7-8,10-12H,4-6,9H2,1-3H3,(H,20,22)/t11-/m1/s1. The maximum absolute atomic E-state index is 12.0. The van der Waals surface area contributed by atoms with E-state index in [9.17, 15) is 4.79 Å². The molecule has 0 radical (unpaired) electrons. The molecule has 1 saturated carbocycles. The molecule has 0 aromatic heterocycles. The number of hydrogen-bond donors (Lipinski definition) is 1. The van der Waals surface area contributed by atoms with Crippen LogP contribution in [-0.2, 0) is 4.79 Å². The van der Waals surface area contributed by atoms with Crippen molar-refractivity contribution in [1.82, 2.24) is 5.43 Å². The maximum atomic E-state index is 12.0. The summed E-state index contributed by atoms with van der Waals surface area (Å²) >= 11 is 0. The smallest absolute Gasteiger partial charge is 0.262 e. The fraction of sp³-hybridized carbons (Fsp3) is 0.556. The van der Waals surface area contributed by atoms with E-state index < -0.39 is 0 Å². The molecule has 2 aliphatic heterocycles. The van der Waals surface area contributed by atoms with Gasteiger partial charge in [0.1, 0.15) is 24.1 Å². The Bertz CT molecular complexity index is 710. The van der Waals surface area contributed by atoms with Crippen LogP contribution in [0, 0.1) is 0 Å². The fourth-order valence-corrected chi connectivity index (χ4v) is 3.29. The quantitative estimate of drug-likeness (QED) is 0.926. The van der Waals surface area contributed by atoms with Crippen LogP contribution in [0.25, 0.3) is 0 Å². The van der Waals surface area contributed by atoms with Crippen molar-refractivity contribution in [1.29, 1.82) is 0 Å². The second-order valence-electron chi connectivity index (χ2n) is 7.02. The molecular formula is C18H23N3O3. The Morgan fingerprint density at radius 2 is 2.17 bits per heavy atom. The summed E-state index contributed by atoms with van der Waals surface area (Å²) in [5.41, 5.74) is 4.56. The molecule has 4 rings (SSSR count). The van der Waals surface area contributed by atoms with Gasteiger partial charge in [0.2, 0.25) is 0 Å². The molecule has 6 heteroatoms. The van der Waals surface area contributed by atoms with Crippen LogP contribution in [-0.4, -0.2) is 30.5 Å². The molecule has 24 heavy (non-hydrogen) atoms. The molecule has 6 nitrogen and oxygen atoms in total. The van der Waals surface area contributed by atoms with E-state index in [1.165, 1.54) is 6.42 Å². The SMILES string of the molecule is CC(C)c1cc2c(cc1OC1CCC1)N1C(=NNC(=O)[C@H]1C)CO2. The Hall–Kier alpha value is -2.24. The molecule has 1 N–H and O–H groups in total. The van der Waals surface area contributed by atoms with Gasteiger partial charge in [-0.25, -0.2) is 5.43 Å². The number of amidine groups is 1. The van der Waals surface area contributed by atoms with Crippen molar-refractivity contribution in [3.8, 4) is 11.5 Å². The predicted octanol–water partition coefficient (Wildman–Crippen LogP) is 2.77. The minimum absolute atomic E-state index is 0.110. The van der Waals surface area contributed by atoms with Crippen molar-refractivity contribution >= 4 is 17.4 Å². The van der Waals surface area contributed by atoms with Gasteiger partial charge in [0, 0.05) is 11.6 Å². The molecule has 0 spiro atoms.